The fourth-order valence-electron chi connectivity index (χ4n) is 1.52. The Kier molecular flexibility index (Phi) is 5.94. The normalized spacial score (nSPS) is 11.2. The summed E-state index contributed by atoms with van der Waals surface area (Å²) in [7, 11) is 8.40. The predicted octanol–water partition coefficient (Wildman–Crippen LogP) is 1.01. The molecule has 0 aromatic carbocycles. The minimum atomic E-state index is 1.01. The molecule has 1 heterocycles. The molecule has 0 saturated heterocycles. The van der Waals surface area contributed by atoms with Crippen LogP contribution in [0, 0.1) is 0 Å². The fourth-order valence-corrected chi connectivity index (χ4v) is 1.52. The topological polar surface area (TPSA) is 22.6 Å². The van der Waals surface area contributed by atoms with Crippen molar-refractivity contribution in [2.45, 2.75) is 0 Å². The van der Waals surface area contributed by atoms with E-state index >= 15 is 0 Å². The van der Waals surface area contributed by atoms with Gasteiger partial charge in [0.15, 0.2) is 0 Å². The zero-order chi connectivity index (χ0) is 12.7. The lowest BCUT2D eigenvalue weighted by atomic mass is 10.3. The van der Waals surface area contributed by atoms with Crippen LogP contribution in [-0.4, -0.2) is 69.2 Å². The van der Waals surface area contributed by atoms with Gasteiger partial charge in [0.2, 0.25) is 0 Å². The van der Waals surface area contributed by atoms with Crippen molar-refractivity contribution in [3.05, 3.63) is 24.4 Å². The number of rotatable bonds is 7. The third kappa shape index (κ3) is 5.65. The summed E-state index contributed by atoms with van der Waals surface area (Å²) >= 11 is 0. The lowest BCUT2D eigenvalue weighted by molar-refractivity contribution is 0.390. The number of nitrogens with zero attached hydrogens (tertiary/aromatic N) is 4. The molecule has 17 heavy (non-hydrogen) atoms. The van der Waals surface area contributed by atoms with Gasteiger partial charge >= 0.3 is 0 Å². The lowest BCUT2D eigenvalue weighted by Gasteiger charge is -2.26. The van der Waals surface area contributed by atoms with Crippen LogP contribution in [0.3, 0.4) is 0 Å². The van der Waals surface area contributed by atoms with Crippen LogP contribution in [0.15, 0.2) is 24.4 Å². The summed E-state index contributed by atoms with van der Waals surface area (Å²) in [5, 5.41) is 0. The van der Waals surface area contributed by atoms with Crippen molar-refractivity contribution >= 4 is 5.82 Å². The number of aromatic nitrogens is 1. The van der Waals surface area contributed by atoms with E-state index in [1.165, 1.54) is 0 Å². The minimum absolute atomic E-state index is 1.01. The van der Waals surface area contributed by atoms with Crippen molar-refractivity contribution in [2.75, 3.05) is 59.3 Å². The Morgan fingerprint density at radius 3 is 1.88 bits per heavy atom. The number of pyridine rings is 1. The smallest absolute Gasteiger partial charge is 0.128 e. The maximum atomic E-state index is 4.42. The zero-order valence-corrected chi connectivity index (χ0v) is 11.4. The number of likely N-dealkylation sites (N-methyl/N-ethyl adjacent to an activating group) is 2. The largest absolute Gasteiger partial charge is 0.354 e. The van der Waals surface area contributed by atoms with Crippen molar-refractivity contribution in [3.8, 4) is 0 Å². The summed E-state index contributed by atoms with van der Waals surface area (Å²) in [6, 6.07) is 6.07. The molecule has 0 amide bonds. The fraction of sp³-hybridized carbons (Fsp3) is 0.615. The highest BCUT2D eigenvalue weighted by molar-refractivity contribution is 5.37. The maximum Gasteiger partial charge on any atom is 0.128 e. The van der Waals surface area contributed by atoms with E-state index in [2.05, 4.69) is 53.9 Å². The van der Waals surface area contributed by atoms with Gasteiger partial charge in [0.05, 0.1) is 0 Å². The summed E-state index contributed by atoms with van der Waals surface area (Å²) in [5.41, 5.74) is 0. The Labute approximate surface area is 105 Å². The van der Waals surface area contributed by atoms with Gasteiger partial charge in [0, 0.05) is 32.4 Å². The van der Waals surface area contributed by atoms with Crippen LogP contribution in [0.4, 0.5) is 5.82 Å². The molecule has 4 heteroatoms. The number of hydrogen-bond acceptors (Lipinski definition) is 4. The van der Waals surface area contributed by atoms with E-state index in [9.17, 15) is 0 Å². The summed E-state index contributed by atoms with van der Waals surface area (Å²) in [5.74, 6) is 1.07. The minimum Gasteiger partial charge on any atom is -0.354 e. The Bertz CT molecular complexity index is 286. The average molecular weight is 236 g/mol. The van der Waals surface area contributed by atoms with Crippen molar-refractivity contribution in [3.63, 3.8) is 0 Å². The van der Waals surface area contributed by atoms with E-state index < -0.39 is 0 Å². The Morgan fingerprint density at radius 1 is 0.882 bits per heavy atom. The first-order valence-electron chi connectivity index (χ1n) is 6.05. The number of hydrogen-bond donors (Lipinski definition) is 0. The molecule has 0 bridgehead atoms. The maximum absolute atomic E-state index is 4.42. The highest BCUT2D eigenvalue weighted by atomic mass is 15.2. The molecule has 0 fully saturated rings. The summed E-state index contributed by atoms with van der Waals surface area (Å²) in [6.45, 7) is 4.11. The molecule has 1 aromatic rings. The molecule has 0 atom stereocenters. The molecule has 0 aliphatic rings. The Balaban J connectivity index is 2.58. The van der Waals surface area contributed by atoms with Gasteiger partial charge in [-0.25, -0.2) is 4.98 Å². The Hall–Kier alpha value is -1.13. The van der Waals surface area contributed by atoms with Crippen molar-refractivity contribution < 1.29 is 0 Å². The van der Waals surface area contributed by atoms with Crippen LogP contribution < -0.4 is 4.90 Å². The molecule has 4 nitrogen and oxygen atoms in total. The van der Waals surface area contributed by atoms with Crippen LogP contribution in [0.2, 0.25) is 0 Å². The molecule has 96 valence electrons. The molecular formula is C13H24N4. The Morgan fingerprint density at radius 2 is 1.47 bits per heavy atom. The number of anilines is 1. The summed E-state index contributed by atoms with van der Waals surface area (Å²) in [4.78, 5) is 11.2. The lowest BCUT2D eigenvalue weighted by Crippen LogP contribution is -2.37. The average Bonchev–Trinajstić information content (AvgIpc) is 2.29. The monoisotopic (exact) mass is 236 g/mol. The van der Waals surface area contributed by atoms with E-state index in [0.717, 1.165) is 32.0 Å². The second-order valence-electron chi connectivity index (χ2n) is 4.78. The standard InChI is InChI=1S/C13H24N4/c1-15(2)9-11-17(12-10-16(3)4)13-7-5-6-8-14-13/h5-8H,9-12H2,1-4H3. The van der Waals surface area contributed by atoms with E-state index in [-0.39, 0.29) is 0 Å². The quantitative estimate of drug-likeness (QED) is 0.705. The van der Waals surface area contributed by atoms with Crippen molar-refractivity contribution in [2.24, 2.45) is 0 Å². The molecule has 0 aliphatic heterocycles. The zero-order valence-electron chi connectivity index (χ0n) is 11.4. The van der Waals surface area contributed by atoms with Gasteiger partial charge in [-0.15, -0.1) is 0 Å². The van der Waals surface area contributed by atoms with Crippen molar-refractivity contribution in [1.82, 2.24) is 14.8 Å². The second kappa shape index (κ2) is 7.25. The highest BCUT2D eigenvalue weighted by Crippen LogP contribution is 2.08. The SMILES string of the molecule is CN(C)CCN(CCN(C)C)c1ccccn1. The van der Waals surface area contributed by atoms with Gasteiger partial charge in [-0.2, -0.15) is 0 Å². The summed E-state index contributed by atoms with van der Waals surface area (Å²) in [6.07, 6.45) is 1.85. The first kappa shape index (κ1) is 13.9. The predicted molar refractivity (Wildman–Crippen MR) is 73.6 cm³/mol. The highest BCUT2D eigenvalue weighted by Gasteiger charge is 2.07. The van der Waals surface area contributed by atoms with E-state index in [1.807, 2.05) is 18.3 Å². The molecule has 0 N–H and O–H groups in total. The first-order chi connectivity index (χ1) is 8.09. The molecule has 1 rings (SSSR count). The molecule has 0 radical (unpaired) electrons. The van der Waals surface area contributed by atoms with Gasteiger partial charge in [0.25, 0.3) is 0 Å². The third-order valence-corrected chi connectivity index (χ3v) is 2.61. The van der Waals surface area contributed by atoms with Crippen LogP contribution in [0.25, 0.3) is 0 Å². The molecule has 0 unspecified atom stereocenters. The summed E-state index contributed by atoms with van der Waals surface area (Å²) < 4.78 is 0. The van der Waals surface area contributed by atoms with Gasteiger partial charge in [-0.1, -0.05) is 6.07 Å². The van der Waals surface area contributed by atoms with Gasteiger partial charge in [-0.05, 0) is 40.3 Å². The van der Waals surface area contributed by atoms with Crippen LogP contribution in [-0.2, 0) is 0 Å². The molecule has 0 spiro atoms. The molecule has 1 aromatic heterocycles. The molecule has 0 saturated carbocycles. The van der Waals surface area contributed by atoms with Gasteiger partial charge < -0.3 is 14.7 Å². The molecular weight excluding hydrogens is 212 g/mol. The van der Waals surface area contributed by atoms with E-state index in [1.54, 1.807) is 0 Å². The van der Waals surface area contributed by atoms with Crippen LogP contribution in [0.5, 0.6) is 0 Å². The molecule has 0 aliphatic carbocycles. The van der Waals surface area contributed by atoms with E-state index in [4.69, 9.17) is 0 Å². The van der Waals surface area contributed by atoms with Gasteiger partial charge in [-0.3, -0.25) is 0 Å². The van der Waals surface area contributed by atoms with Crippen LogP contribution >= 0.6 is 0 Å². The van der Waals surface area contributed by atoms with E-state index in [0.29, 0.717) is 0 Å². The first-order valence-corrected chi connectivity index (χ1v) is 6.05. The van der Waals surface area contributed by atoms with Gasteiger partial charge in [0.1, 0.15) is 5.82 Å². The second-order valence-corrected chi connectivity index (χ2v) is 4.78. The van der Waals surface area contributed by atoms with Crippen molar-refractivity contribution in [1.29, 1.82) is 0 Å². The van der Waals surface area contributed by atoms with Crippen LogP contribution in [0.1, 0.15) is 0 Å². The third-order valence-electron chi connectivity index (χ3n) is 2.61.